The Labute approximate surface area is 124 Å². The van der Waals surface area contributed by atoms with Gasteiger partial charge in [0.15, 0.2) is 0 Å². The van der Waals surface area contributed by atoms with Gasteiger partial charge in [0, 0.05) is 6.54 Å². The lowest BCUT2D eigenvalue weighted by Crippen LogP contribution is -2.42. The van der Waals surface area contributed by atoms with Crippen LogP contribution in [0.4, 0.5) is 4.39 Å². The zero-order chi connectivity index (χ0) is 15.1. The number of hydrogen-bond acceptors (Lipinski definition) is 3. The molecule has 0 aliphatic carbocycles. The lowest BCUT2D eigenvalue weighted by Gasteiger charge is -2.17. The molecule has 1 aliphatic rings. The van der Waals surface area contributed by atoms with Gasteiger partial charge in [-0.25, -0.2) is 4.39 Å². The normalized spacial score (nSPS) is 19.0. The predicted molar refractivity (Wildman–Crippen MR) is 81.4 cm³/mol. The number of carbonyl (C=O) groups is 1. The molecule has 1 aliphatic heterocycles. The quantitative estimate of drug-likeness (QED) is 0.765. The summed E-state index contributed by atoms with van der Waals surface area (Å²) in [5, 5.41) is 5.70. The van der Waals surface area contributed by atoms with Gasteiger partial charge in [-0.3, -0.25) is 4.79 Å². The van der Waals surface area contributed by atoms with Crippen LogP contribution < -0.4 is 16.4 Å². The molecule has 1 aromatic carbocycles. The number of nitrogens with one attached hydrogen (secondary N) is 2. The third-order valence-corrected chi connectivity index (χ3v) is 3.61. The first kappa shape index (κ1) is 15.7. The van der Waals surface area contributed by atoms with Gasteiger partial charge in [0.2, 0.25) is 5.91 Å². The highest BCUT2D eigenvalue weighted by Crippen LogP contribution is 2.14. The second kappa shape index (κ2) is 7.90. The maximum Gasteiger partial charge on any atom is 0.237 e. The Morgan fingerprint density at radius 1 is 1.38 bits per heavy atom. The average Bonchev–Trinajstić information content (AvgIpc) is 2.54. The van der Waals surface area contributed by atoms with Gasteiger partial charge in [0.05, 0.1) is 12.6 Å². The van der Waals surface area contributed by atoms with E-state index in [4.69, 9.17) is 5.73 Å². The first-order valence-corrected chi connectivity index (χ1v) is 7.31. The summed E-state index contributed by atoms with van der Waals surface area (Å²) in [6.07, 6.45) is 2.14. The molecular weight excluding hydrogens is 269 g/mol. The lowest BCUT2D eigenvalue weighted by atomic mass is 10.0. The van der Waals surface area contributed by atoms with Gasteiger partial charge in [-0.05, 0) is 36.9 Å². The lowest BCUT2D eigenvalue weighted by molar-refractivity contribution is -0.122. The fourth-order valence-corrected chi connectivity index (χ4v) is 2.37. The summed E-state index contributed by atoms with van der Waals surface area (Å²) in [5.74, 6) is -0.569. The standard InChI is InChI=1S/C16H22FN3O/c17-14(13-7-4-8-19-10-13)11-20-16(21)15(18)9-12-5-2-1-3-6-12/h1-3,5-6,15,19H,4,7-11,18H2,(H,20,21)/t15-/m0/s1. The molecule has 1 atom stereocenters. The van der Waals surface area contributed by atoms with Crippen molar-refractivity contribution >= 4 is 5.91 Å². The first-order chi connectivity index (χ1) is 10.2. The van der Waals surface area contributed by atoms with Gasteiger partial charge in [0.25, 0.3) is 0 Å². The van der Waals surface area contributed by atoms with Crippen molar-refractivity contribution in [3.05, 3.63) is 47.3 Å². The number of rotatable bonds is 5. The smallest absolute Gasteiger partial charge is 0.237 e. The monoisotopic (exact) mass is 291 g/mol. The minimum Gasteiger partial charge on any atom is -0.348 e. The minimum atomic E-state index is -0.658. The number of nitrogens with two attached hydrogens (primary N) is 1. The second-order valence-electron chi connectivity index (χ2n) is 5.30. The summed E-state index contributed by atoms with van der Waals surface area (Å²) in [6.45, 7) is 1.42. The molecule has 0 radical (unpaired) electrons. The maximum absolute atomic E-state index is 13.9. The molecule has 0 aromatic heterocycles. The van der Waals surface area contributed by atoms with E-state index in [1.54, 1.807) is 0 Å². The largest absolute Gasteiger partial charge is 0.348 e. The minimum absolute atomic E-state index is 0.0711. The molecule has 1 amide bonds. The van der Waals surface area contributed by atoms with E-state index in [1.165, 1.54) is 0 Å². The summed E-state index contributed by atoms with van der Waals surface area (Å²) in [7, 11) is 0. The number of amides is 1. The van der Waals surface area contributed by atoms with Crippen LogP contribution in [0.2, 0.25) is 0 Å². The van der Waals surface area contributed by atoms with Gasteiger partial charge >= 0.3 is 0 Å². The third kappa shape index (κ3) is 4.95. The van der Waals surface area contributed by atoms with Crippen LogP contribution in [-0.2, 0) is 11.2 Å². The van der Waals surface area contributed by atoms with Crippen LogP contribution in [0.1, 0.15) is 18.4 Å². The fourth-order valence-electron chi connectivity index (χ4n) is 2.37. The summed E-state index contributed by atoms with van der Waals surface area (Å²) in [4.78, 5) is 11.9. The van der Waals surface area contributed by atoms with Crippen LogP contribution in [0, 0.1) is 0 Å². The van der Waals surface area contributed by atoms with Gasteiger partial charge in [-0.1, -0.05) is 30.3 Å². The topological polar surface area (TPSA) is 67.2 Å². The SMILES string of the molecule is N[C@@H](Cc1ccccc1)C(=O)NCC(F)=C1CCCNC1. The Balaban J connectivity index is 1.81. The Bertz CT molecular complexity index is 494. The van der Waals surface area contributed by atoms with E-state index in [0.717, 1.165) is 30.5 Å². The van der Waals surface area contributed by atoms with E-state index in [0.29, 0.717) is 13.0 Å². The molecule has 1 heterocycles. The van der Waals surface area contributed by atoms with E-state index in [-0.39, 0.29) is 18.3 Å². The van der Waals surface area contributed by atoms with Crippen LogP contribution in [0.15, 0.2) is 41.7 Å². The third-order valence-electron chi connectivity index (χ3n) is 3.61. The first-order valence-electron chi connectivity index (χ1n) is 7.31. The molecule has 1 aromatic rings. The van der Waals surface area contributed by atoms with Crippen molar-refractivity contribution in [1.29, 1.82) is 0 Å². The van der Waals surface area contributed by atoms with Crippen molar-refractivity contribution in [1.82, 2.24) is 10.6 Å². The van der Waals surface area contributed by atoms with Crippen molar-refractivity contribution in [2.75, 3.05) is 19.6 Å². The summed E-state index contributed by atoms with van der Waals surface area (Å²) in [6, 6.07) is 8.90. The van der Waals surface area contributed by atoms with E-state index >= 15 is 0 Å². The molecular formula is C16H22FN3O. The van der Waals surface area contributed by atoms with Gasteiger partial charge in [-0.15, -0.1) is 0 Å². The van der Waals surface area contributed by atoms with Crippen molar-refractivity contribution in [3.63, 3.8) is 0 Å². The molecule has 2 rings (SSSR count). The van der Waals surface area contributed by atoms with E-state index in [9.17, 15) is 9.18 Å². The fraction of sp³-hybridized carbons (Fsp3) is 0.438. The van der Waals surface area contributed by atoms with E-state index < -0.39 is 6.04 Å². The second-order valence-corrected chi connectivity index (χ2v) is 5.30. The molecule has 1 fully saturated rings. The molecule has 5 heteroatoms. The summed E-state index contributed by atoms with van der Waals surface area (Å²) >= 11 is 0. The van der Waals surface area contributed by atoms with Crippen LogP contribution in [0.5, 0.6) is 0 Å². The maximum atomic E-state index is 13.9. The molecule has 4 nitrogen and oxygen atoms in total. The van der Waals surface area contributed by atoms with E-state index in [1.807, 2.05) is 30.3 Å². The van der Waals surface area contributed by atoms with Crippen LogP contribution in [-0.4, -0.2) is 31.6 Å². The highest BCUT2D eigenvalue weighted by atomic mass is 19.1. The number of carbonyl (C=O) groups excluding carboxylic acids is 1. The van der Waals surface area contributed by atoms with Crippen LogP contribution in [0.3, 0.4) is 0 Å². The van der Waals surface area contributed by atoms with Crippen LogP contribution >= 0.6 is 0 Å². The Kier molecular flexibility index (Phi) is 5.90. The molecule has 114 valence electrons. The van der Waals surface area contributed by atoms with Crippen molar-refractivity contribution < 1.29 is 9.18 Å². The molecule has 0 saturated carbocycles. The molecule has 0 spiro atoms. The molecule has 0 unspecified atom stereocenters. The van der Waals surface area contributed by atoms with Gasteiger partial charge < -0.3 is 16.4 Å². The van der Waals surface area contributed by atoms with Crippen molar-refractivity contribution in [2.24, 2.45) is 5.73 Å². The van der Waals surface area contributed by atoms with Crippen molar-refractivity contribution in [2.45, 2.75) is 25.3 Å². The molecule has 1 saturated heterocycles. The highest BCUT2D eigenvalue weighted by molar-refractivity contribution is 5.82. The van der Waals surface area contributed by atoms with Crippen LogP contribution in [0.25, 0.3) is 0 Å². The molecule has 4 N–H and O–H groups in total. The predicted octanol–water partition coefficient (Wildman–Crippen LogP) is 1.28. The summed E-state index contributed by atoms with van der Waals surface area (Å²) in [5.41, 5.74) is 7.60. The number of piperidine rings is 1. The highest BCUT2D eigenvalue weighted by Gasteiger charge is 2.16. The summed E-state index contributed by atoms with van der Waals surface area (Å²) < 4.78 is 13.9. The van der Waals surface area contributed by atoms with Crippen molar-refractivity contribution in [3.8, 4) is 0 Å². The number of benzene rings is 1. The number of hydrogen-bond donors (Lipinski definition) is 3. The van der Waals surface area contributed by atoms with Gasteiger partial charge in [0.1, 0.15) is 5.83 Å². The van der Waals surface area contributed by atoms with Gasteiger partial charge in [-0.2, -0.15) is 0 Å². The zero-order valence-electron chi connectivity index (χ0n) is 12.1. The Morgan fingerprint density at radius 2 is 2.14 bits per heavy atom. The Hall–Kier alpha value is -1.72. The van der Waals surface area contributed by atoms with E-state index in [2.05, 4.69) is 10.6 Å². The number of halogens is 1. The Morgan fingerprint density at radius 3 is 2.81 bits per heavy atom. The molecule has 21 heavy (non-hydrogen) atoms. The average molecular weight is 291 g/mol. The zero-order valence-corrected chi connectivity index (χ0v) is 12.1. The molecule has 0 bridgehead atoms.